The molecule has 0 aliphatic carbocycles. The second kappa shape index (κ2) is 5.63. The molecule has 1 aromatic heterocycles. The number of hydrogen-bond donors (Lipinski definition) is 1. The molecule has 2 unspecified atom stereocenters. The topological polar surface area (TPSA) is 60.2 Å². The van der Waals surface area contributed by atoms with Crippen LogP contribution in [-0.4, -0.2) is 29.5 Å². The number of aromatic nitrogens is 2. The predicted molar refractivity (Wildman–Crippen MR) is 76.5 cm³/mol. The van der Waals surface area contributed by atoms with Gasteiger partial charge in [-0.15, -0.1) is 10.2 Å². The predicted octanol–water partition coefficient (Wildman–Crippen LogP) is 2.88. The van der Waals surface area contributed by atoms with Crippen molar-refractivity contribution in [1.29, 1.82) is 0 Å². The molecule has 2 atom stereocenters. The van der Waals surface area contributed by atoms with Crippen LogP contribution in [0, 0.1) is 12.8 Å². The van der Waals surface area contributed by atoms with Crippen LogP contribution >= 0.6 is 0 Å². The number of ether oxygens (including phenoxy) is 1. The molecule has 0 amide bonds. The maximum absolute atomic E-state index is 5.46. The van der Waals surface area contributed by atoms with Gasteiger partial charge in [-0.1, -0.05) is 6.07 Å². The van der Waals surface area contributed by atoms with Crippen LogP contribution in [0.5, 0.6) is 0 Å². The van der Waals surface area contributed by atoms with Gasteiger partial charge in [0.1, 0.15) is 0 Å². The molecule has 0 radical (unpaired) electrons. The number of nitrogens with one attached hydrogen (secondary N) is 1. The Morgan fingerprint density at radius 2 is 2.30 bits per heavy atom. The molecule has 0 spiro atoms. The van der Waals surface area contributed by atoms with Crippen molar-refractivity contribution in [3.05, 3.63) is 30.2 Å². The van der Waals surface area contributed by atoms with Crippen molar-refractivity contribution >= 4 is 5.69 Å². The second-order valence-corrected chi connectivity index (χ2v) is 5.33. The van der Waals surface area contributed by atoms with Crippen molar-refractivity contribution in [3.63, 3.8) is 0 Å². The molecule has 1 fully saturated rings. The standard InChI is InChI=1S/C15H19N3O2/c1-10-3-4-12(15-18-16-9-20-15)7-14(10)17-11(2)13-5-6-19-8-13/h3-4,7,9,11,13,17H,5-6,8H2,1-2H3. The fourth-order valence-electron chi connectivity index (χ4n) is 2.52. The van der Waals surface area contributed by atoms with E-state index in [1.54, 1.807) is 0 Å². The monoisotopic (exact) mass is 273 g/mol. The van der Waals surface area contributed by atoms with Crippen LogP contribution in [-0.2, 0) is 4.74 Å². The summed E-state index contributed by atoms with van der Waals surface area (Å²) in [5.41, 5.74) is 3.25. The molecule has 2 heterocycles. The molecule has 1 saturated heterocycles. The van der Waals surface area contributed by atoms with Crippen LogP contribution in [0.3, 0.4) is 0 Å². The Bertz CT molecular complexity index is 563. The van der Waals surface area contributed by atoms with Gasteiger partial charge in [0.05, 0.1) is 6.61 Å². The summed E-state index contributed by atoms with van der Waals surface area (Å²) in [6.07, 6.45) is 2.47. The van der Waals surface area contributed by atoms with Crippen LogP contribution < -0.4 is 5.32 Å². The molecule has 5 nitrogen and oxygen atoms in total. The molecular weight excluding hydrogens is 254 g/mol. The van der Waals surface area contributed by atoms with Crippen LogP contribution in [0.2, 0.25) is 0 Å². The first-order valence-corrected chi connectivity index (χ1v) is 6.95. The maximum atomic E-state index is 5.46. The van der Waals surface area contributed by atoms with E-state index in [2.05, 4.69) is 41.5 Å². The summed E-state index contributed by atoms with van der Waals surface area (Å²) < 4.78 is 10.7. The molecule has 0 saturated carbocycles. The fraction of sp³-hybridized carbons (Fsp3) is 0.467. The molecule has 0 bridgehead atoms. The third kappa shape index (κ3) is 2.67. The Kier molecular flexibility index (Phi) is 3.69. The van der Waals surface area contributed by atoms with Gasteiger partial charge < -0.3 is 14.5 Å². The first kappa shape index (κ1) is 13.1. The number of rotatable bonds is 4. The van der Waals surface area contributed by atoms with E-state index in [4.69, 9.17) is 9.15 Å². The summed E-state index contributed by atoms with van der Waals surface area (Å²) >= 11 is 0. The molecule has 5 heteroatoms. The number of hydrogen-bond acceptors (Lipinski definition) is 5. The minimum atomic E-state index is 0.383. The van der Waals surface area contributed by atoms with Crippen LogP contribution in [0.1, 0.15) is 18.9 Å². The summed E-state index contributed by atoms with van der Waals surface area (Å²) in [4.78, 5) is 0. The summed E-state index contributed by atoms with van der Waals surface area (Å²) in [6, 6.07) is 6.51. The average molecular weight is 273 g/mol. The van der Waals surface area contributed by atoms with Crippen molar-refractivity contribution < 1.29 is 9.15 Å². The van der Waals surface area contributed by atoms with E-state index < -0.39 is 0 Å². The van der Waals surface area contributed by atoms with Gasteiger partial charge in [-0.3, -0.25) is 0 Å². The van der Waals surface area contributed by atoms with Gasteiger partial charge >= 0.3 is 0 Å². The first-order chi connectivity index (χ1) is 9.74. The van der Waals surface area contributed by atoms with Gasteiger partial charge in [0.15, 0.2) is 0 Å². The summed E-state index contributed by atoms with van der Waals surface area (Å²) in [5, 5.41) is 11.3. The van der Waals surface area contributed by atoms with E-state index in [-0.39, 0.29) is 0 Å². The highest BCUT2D eigenvalue weighted by Crippen LogP contribution is 2.26. The third-order valence-corrected chi connectivity index (χ3v) is 3.90. The van der Waals surface area contributed by atoms with Crippen LogP contribution in [0.15, 0.2) is 29.0 Å². The highest BCUT2D eigenvalue weighted by molar-refractivity contribution is 5.64. The van der Waals surface area contributed by atoms with E-state index in [9.17, 15) is 0 Å². The Morgan fingerprint density at radius 1 is 1.40 bits per heavy atom. The average Bonchev–Trinajstić information content (AvgIpc) is 3.14. The van der Waals surface area contributed by atoms with Crippen molar-refractivity contribution in [2.75, 3.05) is 18.5 Å². The van der Waals surface area contributed by atoms with Crippen LogP contribution in [0.25, 0.3) is 11.5 Å². The normalized spacial score (nSPS) is 20.0. The molecule has 1 aliphatic rings. The second-order valence-electron chi connectivity index (χ2n) is 5.33. The van der Waals surface area contributed by atoms with E-state index >= 15 is 0 Å². The Labute approximate surface area is 118 Å². The number of benzene rings is 1. The summed E-state index contributed by atoms with van der Waals surface area (Å²) in [6.45, 7) is 6.02. The zero-order valence-corrected chi connectivity index (χ0v) is 11.8. The molecule has 1 aromatic carbocycles. The molecule has 20 heavy (non-hydrogen) atoms. The maximum Gasteiger partial charge on any atom is 0.247 e. The van der Waals surface area contributed by atoms with E-state index in [1.165, 1.54) is 12.0 Å². The zero-order valence-electron chi connectivity index (χ0n) is 11.8. The summed E-state index contributed by atoms with van der Waals surface area (Å²) in [7, 11) is 0. The number of nitrogens with zero attached hydrogens (tertiary/aromatic N) is 2. The minimum absolute atomic E-state index is 0.383. The largest absolute Gasteiger partial charge is 0.423 e. The van der Waals surface area contributed by atoms with Gasteiger partial charge in [0.25, 0.3) is 0 Å². The quantitative estimate of drug-likeness (QED) is 0.928. The number of aryl methyl sites for hydroxylation is 1. The highest BCUT2D eigenvalue weighted by atomic mass is 16.5. The van der Waals surface area contributed by atoms with E-state index in [1.807, 2.05) is 6.07 Å². The Morgan fingerprint density at radius 3 is 3.00 bits per heavy atom. The lowest BCUT2D eigenvalue weighted by molar-refractivity contribution is 0.183. The smallest absolute Gasteiger partial charge is 0.247 e. The Balaban J connectivity index is 1.79. The lowest BCUT2D eigenvalue weighted by Gasteiger charge is -2.22. The van der Waals surface area contributed by atoms with Crippen molar-refractivity contribution in [2.24, 2.45) is 5.92 Å². The molecule has 1 aliphatic heterocycles. The lowest BCUT2D eigenvalue weighted by atomic mass is 9.99. The zero-order chi connectivity index (χ0) is 13.9. The fourth-order valence-corrected chi connectivity index (χ4v) is 2.52. The van der Waals surface area contributed by atoms with Gasteiger partial charge in [-0.25, -0.2) is 0 Å². The van der Waals surface area contributed by atoms with Crippen molar-refractivity contribution in [3.8, 4) is 11.5 Å². The minimum Gasteiger partial charge on any atom is -0.423 e. The Hall–Kier alpha value is -1.88. The number of anilines is 1. The molecule has 106 valence electrons. The third-order valence-electron chi connectivity index (χ3n) is 3.90. The molecule has 3 rings (SSSR count). The van der Waals surface area contributed by atoms with Gasteiger partial charge in [0, 0.05) is 29.8 Å². The molecule has 1 N–H and O–H groups in total. The van der Waals surface area contributed by atoms with E-state index in [0.29, 0.717) is 17.9 Å². The van der Waals surface area contributed by atoms with Crippen molar-refractivity contribution in [2.45, 2.75) is 26.3 Å². The molecular formula is C15H19N3O2. The van der Waals surface area contributed by atoms with Gasteiger partial charge in [0.2, 0.25) is 12.3 Å². The SMILES string of the molecule is Cc1ccc(-c2nnco2)cc1NC(C)C1CCOC1. The summed E-state index contributed by atoms with van der Waals surface area (Å²) in [5.74, 6) is 1.12. The lowest BCUT2D eigenvalue weighted by Crippen LogP contribution is -2.26. The van der Waals surface area contributed by atoms with E-state index in [0.717, 1.165) is 30.9 Å². The van der Waals surface area contributed by atoms with Gasteiger partial charge in [-0.2, -0.15) is 0 Å². The highest BCUT2D eigenvalue weighted by Gasteiger charge is 2.22. The van der Waals surface area contributed by atoms with Crippen molar-refractivity contribution in [1.82, 2.24) is 10.2 Å². The van der Waals surface area contributed by atoms with Gasteiger partial charge in [-0.05, 0) is 38.0 Å². The van der Waals surface area contributed by atoms with Crippen LogP contribution in [0.4, 0.5) is 5.69 Å². The first-order valence-electron chi connectivity index (χ1n) is 6.95. The molecule has 2 aromatic rings.